The quantitative estimate of drug-likeness (QED) is 0.742. The first-order valence-electron chi connectivity index (χ1n) is 5.72. The number of carbonyl (C=O) groups excluding carboxylic acids is 3. The Bertz CT molecular complexity index is 524. The number of hydrogen-bond donors (Lipinski definition) is 3. The Balaban J connectivity index is 2.89. The predicted octanol–water partition coefficient (Wildman–Crippen LogP) is 0.639. The zero-order valence-electron chi connectivity index (χ0n) is 11.1. The fourth-order valence-electron chi connectivity index (χ4n) is 1.36. The minimum absolute atomic E-state index is 0.227. The summed E-state index contributed by atoms with van der Waals surface area (Å²) in [7, 11) is 0. The van der Waals surface area contributed by atoms with Crippen LogP contribution in [0, 0.1) is 0 Å². The molecule has 0 aromatic heterocycles. The maximum absolute atomic E-state index is 12.0. The van der Waals surface area contributed by atoms with Crippen molar-refractivity contribution in [1.29, 1.82) is 0 Å². The average Bonchev–Trinajstić information content (AvgIpc) is 2.27. The van der Waals surface area contributed by atoms with Gasteiger partial charge in [0.25, 0.3) is 5.91 Å². The van der Waals surface area contributed by atoms with Crippen molar-refractivity contribution in [2.24, 2.45) is 5.73 Å². The summed E-state index contributed by atoms with van der Waals surface area (Å²) in [4.78, 5) is 34.1. The molecule has 0 aliphatic rings. The Hall–Kier alpha value is -2.37. The SMILES string of the molecule is CC(=O)Nc1cccc(C(=O)NC(C)(C)C(N)=O)c1. The molecule has 102 valence electrons. The van der Waals surface area contributed by atoms with Gasteiger partial charge in [0.1, 0.15) is 5.54 Å². The van der Waals surface area contributed by atoms with Crippen molar-refractivity contribution in [3.63, 3.8) is 0 Å². The number of amides is 3. The van der Waals surface area contributed by atoms with Crippen LogP contribution in [0.5, 0.6) is 0 Å². The molecule has 0 saturated carbocycles. The topological polar surface area (TPSA) is 101 Å². The lowest BCUT2D eigenvalue weighted by Gasteiger charge is -2.22. The molecule has 1 rings (SSSR count). The van der Waals surface area contributed by atoms with Gasteiger partial charge in [0.15, 0.2) is 0 Å². The highest BCUT2D eigenvalue weighted by Crippen LogP contribution is 2.12. The molecule has 0 heterocycles. The summed E-state index contributed by atoms with van der Waals surface area (Å²) >= 11 is 0. The average molecular weight is 263 g/mol. The van der Waals surface area contributed by atoms with Crippen LogP contribution in [0.15, 0.2) is 24.3 Å². The molecule has 0 radical (unpaired) electrons. The van der Waals surface area contributed by atoms with Crippen LogP contribution in [0.1, 0.15) is 31.1 Å². The van der Waals surface area contributed by atoms with E-state index in [1.807, 2.05) is 0 Å². The van der Waals surface area contributed by atoms with Crippen molar-refractivity contribution in [3.8, 4) is 0 Å². The summed E-state index contributed by atoms with van der Waals surface area (Å²) in [5.74, 6) is -1.29. The number of rotatable bonds is 4. The van der Waals surface area contributed by atoms with Gasteiger partial charge in [-0.2, -0.15) is 0 Å². The van der Waals surface area contributed by atoms with Gasteiger partial charge in [-0.15, -0.1) is 0 Å². The van der Waals surface area contributed by atoms with E-state index in [9.17, 15) is 14.4 Å². The van der Waals surface area contributed by atoms with E-state index in [2.05, 4.69) is 10.6 Å². The minimum atomic E-state index is -1.14. The van der Waals surface area contributed by atoms with E-state index in [4.69, 9.17) is 5.73 Å². The lowest BCUT2D eigenvalue weighted by molar-refractivity contribution is -0.122. The van der Waals surface area contributed by atoms with E-state index in [1.165, 1.54) is 26.8 Å². The van der Waals surface area contributed by atoms with E-state index in [0.717, 1.165) is 0 Å². The first-order chi connectivity index (χ1) is 8.72. The molecule has 6 heteroatoms. The summed E-state index contributed by atoms with van der Waals surface area (Å²) in [6.07, 6.45) is 0. The van der Waals surface area contributed by atoms with Crippen molar-refractivity contribution in [1.82, 2.24) is 5.32 Å². The largest absolute Gasteiger partial charge is 0.368 e. The lowest BCUT2D eigenvalue weighted by Crippen LogP contribution is -2.53. The Morgan fingerprint density at radius 3 is 2.37 bits per heavy atom. The Labute approximate surface area is 111 Å². The molecule has 1 aromatic carbocycles. The van der Waals surface area contributed by atoms with Gasteiger partial charge >= 0.3 is 0 Å². The van der Waals surface area contributed by atoms with Gasteiger partial charge < -0.3 is 16.4 Å². The fourth-order valence-corrected chi connectivity index (χ4v) is 1.36. The summed E-state index contributed by atoms with van der Waals surface area (Å²) in [5, 5.41) is 5.10. The summed E-state index contributed by atoms with van der Waals surface area (Å²) in [6.45, 7) is 4.42. The normalized spacial score (nSPS) is 10.7. The van der Waals surface area contributed by atoms with Gasteiger partial charge in [-0.05, 0) is 32.0 Å². The van der Waals surface area contributed by atoms with Crippen LogP contribution in [-0.2, 0) is 9.59 Å². The number of nitrogens with two attached hydrogens (primary N) is 1. The zero-order valence-corrected chi connectivity index (χ0v) is 11.1. The Kier molecular flexibility index (Phi) is 4.26. The number of hydrogen-bond acceptors (Lipinski definition) is 3. The van der Waals surface area contributed by atoms with Crippen LogP contribution in [0.3, 0.4) is 0 Å². The van der Waals surface area contributed by atoms with Crippen molar-refractivity contribution < 1.29 is 14.4 Å². The van der Waals surface area contributed by atoms with E-state index >= 15 is 0 Å². The molecule has 0 fully saturated rings. The van der Waals surface area contributed by atoms with Gasteiger partial charge in [0.2, 0.25) is 11.8 Å². The van der Waals surface area contributed by atoms with E-state index in [-0.39, 0.29) is 5.91 Å². The number of nitrogens with one attached hydrogen (secondary N) is 2. The van der Waals surface area contributed by atoms with Crippen LogP contribution < -0.4 is 16.4 Å². The Morgan fingerprint density at radius 1 is 1.21 bits per heavy atom. The highest BCUT2D eigenvalue weighted by Gasteiger charge is 2.27. The van der Waals surface area contributed by atoms with Crippen LogP contribution in [0.25, 0.3) is 0 Å². The summed E-state index contributed by atoms with van der Waals surface area (Å²) < 4.78 is 0. The molecule has 0 saturated heterocycles. The third kappa shape index (κ3) is 4.09. The molecule has 6 nitrogen and oxygen atoms in total. The number of primary amides is 1. The maximum atomic E-state index is 12.0. The second-order valence-electron chi connectivity index (χ2n) is 4.71. The molecular weight excluding hydrogens is 246 g/mol. The van der Waals surface area contributed by atoms with Crippen molar-refractivity contribution >= 4 is 23.4 Å². The highest BCUT2D eigenvalue weighted by molar-refractivity contribution is 6.00. The lowest BCUT2D eigenvalue weighted by atomic mass is 10.0. The van der Waals surface area contributed by atoms with Gasteiger partial charge in [-0.3, -0.25) is 14.4 Å². The number of anilines is 1. The summed E-state index contributed by atoms with van der Waals surface area (Å²) in [6, 6.07) is 6.40. The van der Waals surface area contributed by atoms with Gasteiger partial charge in [-0.25, -0.2) is 0 Å². The second kappa shape index (κ2) is 5.51. The van der Waals surface area contributed by atoms with E-state index in [1.54, 1.807) is 18.2 Å². The van der Waals surface area contributed by atoms with Crippen molar-refractivity contribution in [3.05, 3.63) is 29.8 Å². The third-order valence-corrected chi connectivity index (χ3v) is 2.49. The van der Waals surface area contributed by atoms with Crippen LogP contribution in [-0.4, -0.2) is 23.3 Å². The molecule has 4 N–H and O–H groups in total. The monoisotopic (exact) mass is 263 g/mol. The molecule has 1 aromatic rings. The third-order valence-electron chi connectivity index (χ3n) is 2.49. The molecule has 0 spiro atoms. The smallest absolute Gasteiger partial charge is 0.252 e. The van der Waals surface area contributed by atoms with Crippen LogP contribution in [0.4, 0.5) is 5.69 Å². The molecule has 0 bridgehead atoms. The molecule has 0 aliphatic heterocycles. The zero-order chi connectivity index (χ0) is 14.6. The number of benzene rings is 1. The predicted molar refractivity (Wildman–Crippen MR) is 71.5 cm³/mol. The maximum Gasteiger partial charge on any atom is 0.252 e. The molecule has 0 unspecified atom stereocenters. The van der Waals surface area contributed by atoms with Crippen LogP contribution >= 0.6 is 0 Å². The molecule has 19 heavy (non-hydrogen) atoms. The van der Waals surface area contributed by atoms with Gasteiger partial charge in [0, 0.05) is 18.2 Å². The highest BCUT2D eigenvalue weighted by atomic mass is 16.2. The van der Waals surface area contributed by atoms with Crippen molar-refractivity contribution in [2.45, 2.75) is 26.3 Å². The number of carbonyl (C=O) groups is 3. The minimum Gasteiger partial charge on any atom is -0.368 e. The van der Waals surface area contributed by atoms with E-state index < -0.39 is 17.4 Å². The summed E-state index contributed by atoms with van der Waals surface area (Å²) in [5.41, 5.74) is 4.89. The van der Waals surface area contributed by atoms with Gasteiger partial charge in [0.05, 0.1) is 0 Å². The van der Waals surface area contributed by atoms with Crippen molar-refractivity contribution in [2.75, 3.05) is 5.32 Å². The molecule has 0 aliphatic carbocycles. The van der Waals surface area contributed by atoms with E-state index in [0.29, 0.717) is 11.3 Å². The van der Waals surface area contributed by atoms with Crippen LogP contribution in [0.2, 0.25) is 0 Å². The fraction of sp³-hybridized carbons (Fsp3) is 0.308. The van der Waals surface area contributed by atoms with Gasteiger partial charge in [-0.1, -0.05) is 6.07 Å². The molecule has 3 amide bonds. The first kappa shape index (κ1) is 14.7. The standard InChI is InChI=1S/C13H17N3O3/c1-8(17)15-10-6-4-5-9(7-10)11(18)16-13(2,3)12(14)19/h4-7H,1-3H3,(H2,14,19)(H,15,17)(H,16,18). The molecule has 0 atom stereocenters. The molecular formula is C13H17N3O3. The first-order valence-corrected chi connectivity index (χ1v) is 5.72. The second-order valence-corrected chi connectivity index (χ2v) is 4.71. The Morgan fingerprint density at radius 2 is 1.84 bits per heavy atom.